The number of aryl methyl sites for hydroxylation is 3. The summed E-state index contributed by atoms with van der Waals surface area (Å²) in [6.45, 7) is 5.55. The fraction of sp³-hybridized carbons (Fsp3) is 0.412. The highest BCUT2D eigenvalue weighted by Crippen LogP contribution is 2.31. The maximum Gasteiger partial charge on any atom is 0.315 e. The lowest BCUT2D eigenvalue weighted by atomic mass is 10.1. The zero-order valence-electron chi connectivity index (χ0n) is 13.4. The first kappa shape index (κ1) is 15.5. The van der Waals surface area contributed by atoms with Gasteiger partial charge in [0.05, 0.1) is 17.8 Å². The predicted molar refractivity (Wildman–Crippen MR) is 83.5 cm³/mol. The van der Waals surface area contributed by atoms with E-state index in [2.05, 4.69) is 15.8 Å². The minimum absolute atomic E-state index is 0.155. The minimum Gasteiger partial charge on any atom is -0.361 e. The van der Waals surface area contributed by atoms with E-state index in [1.54, 1.807) is 6.07 Å². The number of nitrogens with zero attached hydrogens (tertiary/aromatic N) is 1. The number of nitrogens with one attached hydrogen (secondary N) is 2. The lowest BCUT2D eigenvalue weighted by molar-refractivity contribution is 0.234. The lowest BCUT2D eigenvalue weighted by Crippen LogP contribution is -2.38. The molecule has 2 amide bonds. The van der Waals surface area contributed by atoms with Gasteiger partial charge < -0.3 is 15.2 Å². The van der Waals surface area contributed by atoms with E-state index in [1.165, 1.54) is 12.1 Å². The lowest BCUT2D eigenvalue weighted by Gasteiger charge is -2.18. The number of carbonyl (C=O) groups excluding carboxylic acids is 1. The summed E-state index contributed by atoms with van der Waals surface area (Å²) in [5.41, 5.74) is 3.61. The molecular formula is C17H20FN3O2. The summed E-state index contributed by atoms with van der Waals surface area (Å²) in [5.74, 6) is 0.422. The van der Waals surface area contributed by atoms with Gasteiger partial charge in [0.2, 0.25) is 0 Å². The summed E-state index contributed by atoms with van der Waals surface area (Å²) < 4.78 is 18.5. The van der Waals surface area contributed by atoms with Crippen molar-refractivity contribution in [3.63, 3.8) is 0 Å². The second-order valence-electron chi connectivity index (χ2n) is 6.01. The largest absolute Gasteiger partial charge is 0.361 e. The summed E-state index contributed by atoms with van der Waals surface area (Å²) in [5, 5.41) is 9.72. The van der Waals surface area contributed by atoms with Crippen LogP contribution in [-0.2, 0) is 6.42 Å². The van der Waals surface area contributed by atoms with E-state index in [1.807, 2.05) is 20.8 Å². The Hall–Kier alpha value is -2.37. The van der Waals surface area contributed by atoms with Gasteiger partial charge in [-0.2, -0.15) is 0 Å². The molecule has 6 heteroatoms. The molecule has 2 aromatic rings. The molecule has 0 bridgehead atoms. The molecule has 2 N–H and O–H groups in total. The van der Waals surface area contributed by atoms with Gasteiger partial charge in [0.15, 0.2) is 0 Å². The second-order valence-corrected chi connectivity index (χ2v) is 6.01. The number of urea groups is 1. The molecule has 0 fully saturated rings. The van der Waals surface area contributed by atoms with Crippen LogP contribution in [-0.4, -0.2) is 11.2 Å². The molecule has 0 spiro atoms. The van der Waals surface area contributed by atoms with Crippen LogP contribution in [0, 0.1) is 19.7 Å². The Morgan fingerprint density at radius 1 is 1.43 bits per heavy atom. The Kier molecular flexibility index (Phi) is 4.07. The molecule has 2 atom stereocenters. The molecule has 23 heavy (non-hydrogen) atoms. The standard InChI is InChI=1S/C17H20FN3O2/c1-9(16-10(2)21-23-11(16)3)19-17(22)20-15-7-5-12-4-6-13(18)8-14(12)15/h4,6,8-9,15H,5,7H2,1-3H3,(H2,19,20,22)/t9-,15-/m0/s1. The monoisotopic (exact) mass is 317 g/mol. The highest BCUT2D eigenvalue weighted by molar-refractivity contribution is 5.75. The maximum absolute atomic E-state index is 13.4. The normalized spacial score (nSPS) is 17.7. The van der Waals surface area contributed by atoms with Crippen LogP contribution in [0.1, 0.15) is 53.6 Å². The van der Waals surface area contributed by atoms with Crippen molar-refractivity contribution < 1.29 is 13.7 Å². The quantitative estimate of drug-likeness (QED) is 0.911. The van der Waals surface area contributed by atoms with E-state index >= 15 is 0 Å². The Bertz CT molecular complexity index is 722. The zero-order chi connectivity index (χ0) is 16.6. The van der Waals surface area contributed by atoms with Gasteiger partial charge in [-0.05, 0) is 56.9 Å². The summed E-state index contributed by atoms with van der Waals surface area (Å²) in [4.78, 5) is 12.3. The Morgan fingerprint density at radius 2 is 2.22 bits per heavy atom. The molecule has 122 valence electrons. The van der Waals surface area contributed by atoms with Gasteiger partial charge in [0, 0.05) is 5.56 Å². The van der Waals surface area contributed by atoms with E-state index < -0.39 is 0 Å². The van der Waals surface area contributed by atoms with Crippen LogP contribution in [0.4, 0.5) is 9.18 Å². The van der Waals surface area contributed by atoms with Gasteiger partial charge in [0.1, 0.15) is 11.6 Å². The van der Waals surface area contributed by atoms with Crippen LogP contribution in [0.15, 0.2) is 22.7 Å². The highest BCUT2D eigenvalue weighted by atomic mass is 19.1. The fourth-order valence-electron chi connectivity index (χ4n) is 3.30. The first-order valence-electron chi connectivity index (χ1n) is 7.74. The first-order chi connectivity index (χ1) is 11.0. The van der Waals surface area contributed by atoms with Gasteiger partial charge >= 0.3 is 6.03 Å². The van der Waals surface area contributed by atoms with Crippen LogP contribution >= 0.6 is 0 Å². The van der Waals surface area contributed by atoms with Crippen LogP contribution in [0.5, 0.6) is 0 Å². The Morgan fingerprint density at radius 3 is 2.91 bits per heavy atom. The molecule has 5 nitrogen and oxygen atoms in total. The van der Waals surface area contributed by atoms with Crippen molar-refractivity contribution in [2.24, 2.45) is 0 Å². The summed E-state index contributed by atoms with van der Waals surface area (Å²) in [6, 6.07) is 4.11. The molecule has 0 aliphatic heterocycles. The zero-order valence-corrected chi connectivity index (χ0v) is 13.4. The topological polar surface area (TPSA) is 67.2 Å². The van der Waals surface area contributed by atoms with Crippen molar-refractivity contribution >= 4 is 6.03 Å². The van der Waals surface area contributed by atoms with Gasteiger partial charge in [-0.15, -0.1) is 0 Å². The molecule has 1 heterocycles. The molecule has 1 aliphatic rings. The van der Waals surface area contributed by atoms with E-state index in [0.29, 0.717) is 5.76 Å². The highest BCUT2D eigenvalue weighted by Gasteiger charge is 2.25. The molecule has 0 saturated carbocycles. The van der Waals surface area contributed by atoms with Gasteiger partial charge in [-0.25, -0.2) is 9.18 Å². The van der Waals surface area contributed by atoms with E-state index in [0.717, 1.165) is 35.2 Å². The van der Waals surface area contributed by atoms with Gasteiger partial charge in [0.25, 0.3) is 0 Å². The molecule has 0 unspecified atom stereocenters. The van der Waals surface area contributed by atoms with Crippen LogP contribution < -0.4 is 10.6 Å². The van der Waals surface area contributed by atoms with Crippen molar-refractivity contribution in [1.29, 1.82) is 0 Å². The third-order valence-corrected chi connectivity index (χ3v) is 4.36. The van der Waals surface area contributed by atoms with Crippen LogP contribution in [0.2, 0.25) is 0 Å². The van der Waals surface area contributed by atoms with E-state index in [9.17, 15) is 9.18 Å². The van der Waals surface area contributed by atoms with Crippen molar-refractivity contribution in [2.75, 3.05) is 0 Å². The number of benzene rings is 1. The molecular weight excluding hydrogens is 297 g/mol. The molecule has 3 rings (SSSR count). The minimum atomic E-state index is -0.278. The Labute approximate surface area is 134 Å². The number of hydrogen-bond acceptors (Lipinski definition) is 3. The van der Waals surface area contributed by atoms with Gasteiger partial charge in [-0.1, -0.05) is 11.2 Å². The number of carbonyl (C=O) groups is 1. The molecule has 0 saturated heterocycles. The van der Waals surface area contributed by atoms with Crippen molar-refractivity contribution in [3.05, 3.63) is 52.2 Å². The van der Waals surface area contributed by atoms with Crippen molar-refractivity contribution in [1.82, 2.24) is 15.8 Å². The number of halogens is 1. The SMILES string of the molecule is Cc1noc(C)c1[C@H](C)NC(=O)N[C@H]1CCc2ccc(F)cc21. The van der Waals surface area contributed by atoms with Crippen LogP contribution in [0.3, 0.4) is 0 Å². The Balaban J connectivity index is 1.66. The van der Waals surface area contributed by atoms with E-state index in [4.69, 9.17) is 4.52 Å². The first-order valence-corrected chi connectivity index (χ1v) is 7.74. The molecule has 1 aliphatic carbocycles. The number of fused-ring (bicyclic) bond motifs is 1. The average molecular weight is 317 g/mol. The smallest absolute Gasteiger partial charge is 0.315 e. The number of aromatic nitrogens is 1. The third kappa shape index (κ3) is 3.06. The van der Waals surface area contributed by atoms with Crippen molar-refractivity contribution in [3.8, 4) is 0 Å². The van der Waals surface area contributed by atoms with E-state index in [-0.39, 0.29) is 23.9 Å². The number of amides is 2. The number of rotatable bonds is 3. The van der Waals surface area contributed by atoms with Gasteiger partial charge in [-0.3, -0.25) is 0 Å². The van der Waals surface area contributed by atoms with Crippen molar-refractivity contribution in [2.45, 2.75) is 45.7 Å². The summed E-state index contributed by atoms with van der Waals surface area (Å²) in [6.07, 6.45) is 1.63. The predicted octanol–water partition coefficient (Wildman–Crippen LogP) is 3.48. The third-order valence-electron chi connectivity index (χ3n) is 4.36. The average Bonchev–Trinajstić information content (AvgIpc) is 3.02. The maximum atomic E-state index is 13.4. The molecule has 1 aromatic heterocycles. The summed E-state index contributed by atoms with van der Waals surface area (Å²) >= 11 is 0. The van der Waals surface area contributed by atoms with Crippen LogP contribution in [0.25, 0.3) is 0 Å². The molecule has 0 radical (unpaired) electrons. The second kappa shape index (κ2) is 6.02. The summed E-state index contributed by atoms with van der Waals surface area (Å²) in [7, 11) is 0. The fourth-order valence-corrected chi connectivity index (χ4v) is 3.30. The molecule has 1 aromatic carbocycles. The number of hydrogen-bond donors (Lipinski definition) is 2.